The molecular weight excluding hydrogens is 215 g/mol. The zero-order valence-electron chi connectivity index (χ0n) is 4.66. The Kier molecular flexibility index (Phi) is 3.68. The van der Waals surface area contributed by atoms with Crippen molar-refractivity contribution in [2.24, 2.45) is 0 Å². The van der Waals surface area contributed by atoms with Crippen LogP contribution in [0, 0.1) is 0 Å². The minimum Gasteiger partial charge on any atom is -0.365 e. The van der Waals surface area contributed by atoms with Crippen LogP contribution in [0.1, 0.15) is 0 Å². The predicted octanol–water partition coefficient (Wildman–Crippen LogP) is 1.08. The molecule has 1 rings (SSSR count). The third-order valence-electron chi connectivity index (χ3n) is 0.812. The molecule has 1 aliphatic rings. The summed E-state index contributed by atoms with van der Waals surface area (Å²) in [5.41, 5.74) is 0. The summed E-state index contributed by atoms with van der Waals surface area (Å²) in [4.78, 5) is 1.97. The van der Waals surface area contributed by atoms with Crippen LogP contribution in [0.3, 0.4) is 0 Å². The molecule has 0 amide bonds. The van der Waals surface area contributed by atoms with E-state index < -0.39 is 0 Å². The zero-order valence-corrected chi connectivity index (χ0v) is 7.00. The third-order valence-corrected chi connectivity index (χ3v) is 0.812. The van der Waals surface area contributed by atoms with E-state index in [1.165, 1.54) is 0 Å². The Labute approximate surface area is 66.3 Å². The van der Waals surface area contributed by atoms with Crippen molar-refractivity contribution in [2.75, 3.05) is 7.05 Å². The summed E-state index contributed by atoms with van der Waals surface area (Å²) < 4.78 is 0. The summed E-state index contributed by atoms with van der Waals surface area (Å²) in [7, 11) is 1.98. The largest absolute Gasteiger partial charge is 0.365 e. The van der Waals surface area contributed by atoms with Crippen molar-refractivity contribution < 1.29 is 0 Å². The first-order valence-electron chi connectivity index (χ1n) is 2.21. The van der Waals surface area contributed by atoms with Gasteiger partial charge < -0.3 is 10.2 Å². The van der Waals surface area contributed by atoms with Gasteiger partial charge in [0.25, 0.3) is 0 Å². The summed E-state index contributed by atoms with van der Waals surface area (Å²) in [6, 6.07) is 0. The van der Waals surface area contributed by atoms with Crippen molar-refractivity contribution in [1.82, 2.24) is 10.2 Å². The molecule has 8 heavy (non-hydrogen) atoms. The number of hydrogen-bond acceptors (Lipinski definition) is 2. The van der Waals surface area contributed by atoms with Gasteiger partial charge in [-0.15, -0.1) is 24.0 Å². The molecule has 0 aliphatic carbocycles. The third kappa shape index (κ3) is 2.20. The highest BCUT2D eigenvalue weighted by atomic mass is 127. The van der Waals surface area contributed by atoms with Crippen LogP contribution in [0.4, 0.5) is 0 Å². The van der Waals surface area contributed by atoms with E-state index in [0.29, 0.717) is 0 Å². The summed E-state index contributed by atoms with van der Waals surface area (Å²) >= 11 is 0. The van der Waals surface area contributed by atoms with Crippen molar-refractivity contribution in [1.29, 1.82) is 0 Å². The smallest absolute Gasteiger partial charge is 0.0192 e. The van der Waals surface area contributed by atoms with Gasteiger partial charge in [0.2, 0.25) is 0 Å². The molecule has 1 aliphatic heterocycles. The Morgan fingerprint density at radius 1 is 1.25 bits per heavy atom. The molecule has 0 saturated heterocycles. The molecule has 0 aromatic carbocycles. The maximum absolute atomic E-state index is 2.91. The summed E-state index contributed by atoms with van der Waals surface area (Å²) in [6.45, 7) is 0. The average molecular weight is 224 g/mol. The van der Waals surface area contributed by atoms with E-state index in [1.807, 2.05) is 36.7 Å². The molecule has 1 N–H and O–H groups in total. The quantitative estimate of drug-likeness (QED) is 0.619. The fourth-order valence-corrected chi connectivity index (χ4v) is 0.426. The second-order valence-electron chi connectivity index (χ2n) is 1.46. The molecule has 3 heteroatoms. The number of nitrogens with zero attached hydrogens (tertiary/aromatic N) is 1. The average Bonchev–Trinajstić information content (AvgIpc) is 1.69. The predicted molar refractivity (Wildman–Crippen MR) is 44.6 cm³/mol. The Morgan fingerprint density at radius 2 is 1.75 bits per heavy atom. The molecule has 0 saturated carbocycles. The summed E-state index contributed by atoms with van der Waals surface area (Å²) in [5.74, 6) is 0. The van der Waals surface area contributed by atoms with E-state index >= 15 is 0 Å². The van der Waals surface area contributed by atoms with Gasteiger partial charge in [0.05, 0.1) is 0 Å². The van der Waals surface area contributed by atoms with Crippen molar-refractivity contribution >= 4 is 24.0 Å². The van der Waals surface area contributed by atoms with Crippen LogP contribution in [-0.2, 0) is 0 Å². The Bertz CT molecular complexity index is 97.0. The number of halogens is 1. The first kappa shape index (κ1) is 7.81. The highest BCUT2D eigenvalue weighted by Gasteiger charge is 1.82. The van der Waals surface area contributed by atoms with E-state index in [1.54, 1.807) is 0 Å². The number of rotatable bonds is 0. The standard InChI is InChI=1S/C5H8N2.HI/c1-7-4-2-6-3-5-7;/h2-6H,1H3;1H. The van der Waals surface area contributed by atoms with Crippen LogP contribution < -0.4 is 5.32 Å². The molecule has 0 bridgehead atoms. The van der Waals surface area contributed by atoms with E-state index in [4.69, 9.17) is 0 Å². The fourth-order valence-electron chi connectivity index (χ4n) is 0.426. The molecular formula is C5H9IN2. The molecule has 0 aromatic rings. The molecule has 46 valence electrons. The van der Waals surface area contributed by atoms with Crippen LogP contribution in [0.2, 0.25) is 0 Å². The zero-order chi connectivity index (χ0) is 5.11. The number of nitrogens with one attached hydrogen (secondary N) is 1. The van der Waals surface area contributed by atoms with Crippen molar-refractivity contribution in [3.63, 3.8) is 0 Å². The molecule has 0 aromatic heterocycles. The molecule has 0 fully saturated rings. The molecule has 0 unspecified atom stereocenters. The van der Waals surface area contributed by atoms with E-state index in [0.717, 1.165) is 0 Å². The first-order chi connectivity index (χ1) is 3.39. The Hall–Kier alpha value is -0.190. The lowest BCUT2D eigenvalue weighted by atomic mass is 10.6. The van der Waals surface area contributed by atoms with Gasteiger partial charge in [0.1, 0.15) is 0 Å². The lowest BCUT2D eigenvalue weighted by molar-refractivity contribution is 0.606. The van der Waals surface area contributed by atoms with Crippen molar-refractivity contribution in [3.8, 4) is 0 Å². The van der Waals surface area contributed by atoms with E-state index in [-0.39, 0.29) is 24.0 Å². The maximum atomic E-state index is 2.91. The van der Waals surface area contributed by atoms with Gasteiger partial charge in [-0.1, -0.05) is 0 Å². The van der Waals surface area contributed by atoms with E-state index in [2.05, 4.69) is 5.32 Å². The van der Waals surface area contributed by atoms with Crippen LogP contribution in [0.25, 0.3) is 0 Å². The van der Waals surface area contributed by atoms with Gasteiger partial charge in [-0.05, 0) is 0 Å². The lowest BCUT2D eigenvalue weighted by Gasteiger charge is -2.09. The second kappa shape index (κ2) is 3.77. The van der Waals surface area contributed by atoms with Gasteiger partial charge in [0.15, 0.2) is 0 Å². The topological polar surface area (TPSA) is 15.3 Å². The van der Waals surface area contributed by atoms with E-state index in [9.17, 15) is 0 Å². The summed E-state index contributed by atoms with van der Waals surface area (Å²) in [5, 5.41) is 2.91. The highest BCUT2D eigenvalue weighted by Crippen LogP contribution is 1.87. The molecule has 0 atom stereocenters. The van der Waals surface area contributed by atoms with Crippen LogP contribution in [-0.4, -0.2) is 11.9 Å². The number of hydrogen-bond donors (Lipinski definition) is 1. The van der Waals surface area contributed by atoms with Crippen LogP contribution in [0.5, 0.6) is 0 Å². The van der Waals surface area contributed by atoms with Gasteiger partial charge >= 0.3 is 0 Å². The lowest BCUT2D eigenvalue weighted by Crippen LogP contribution is -2.09. The molecule has 2 nitrogen and oxygen atoms in total. The second-order valence-corrected chi connectivity index (χ2v) is 1.46. The van der Waals surface area contributed by atoms with Gasteiger partial charge in [0, 0.05) is 31.8 Å². The monoisotopic (exact) mass is 224 g/mol. The Balaban J connectivity index is 0.000000490. The van der Waals surface area contributed by atoms with Gasteiger partial charge in [-0.2, -0.15) is 0 Å². The normalized spacial score (nSPS) is 14.9. The first-order valence-corrected chi connectivity index (χ1v) is 2.21. The molecule has 0 spiro atoms. The van der Waals surface area contributed by atoms with Crippen molar-refractivity contribution in [3.05, 3.63) is 24.8 Å². The fraction of sp³-hybridized carbons (Fsp3) is 0.200. The van der Waals surface area contributed by atoms with Crippen LogP contribution in [0.15, 0.2) is 24.8 Å². The molecule has 1 heterocycles. The summed E-state index contributed by atoms with van der Waals surface area (Å²) in [6.07, 6.45) is 7.64. The SMILES string of the molecule is CN1C=CNC=C1.I. The Morgan fingerprint density at radius 3 is 2.00 bits per heavy atom. The highest BCUT2D eigenvalue weighted by molar-refractivity contribution is 14.0. The van der Waals surface area contributed by atoms with Gasteiger partial charge in [-0.3, -0.25) is 0 Å². The molecule has 0 radical (unpaired) electrons. The minimum absolute atomic E-state index is 0. The van der Waals surface area contributed by atoms with Crippen LogP contribution >= 0.6 is 24.0 Å². The maximum Gasteiger partial charge on any atom is 0.0192 e. The van der Waals surface area contributed by atoms with Gasteiger partial charge in [-0.25, -0.2) is 0 Å². The van der Waals surface area contributed by atoms with Crippen molar-refractivity contribution in [2.45, 2.75) is 0 Å². The minimum atomic E-state index is 0.